The Morgan fingerprint density at radius 3 is 3.10 bits per heavy atom. The Bertz CT molecular complexity index is 645. The quantitative estimate of drug-likeness (QED) is 0.651. The molecule has 1 fully saturated rings. The molecule has 1 atom stereocenters. The van der Waals surface area contributed by atoms with Crippen LogP contribution in [0.25, 0.3) is 0 Å². The van der Waals surface area contributed by atoms with Gasteiger partial charge in [-0.05, 0) is 25.1 Å². The molecule has 6 nitrogen and oxygen atoms in total. The lowest BCUT2D eigenvalue weighted by molar-refractivity contribution is 0.0716. The van der Waals surface area contributed by atoms with Gasteiger partial charge in [-0.3, -0.25) is 14.7 Å². The molecule has 0 aromatic carbocycles. The summed E-state index contributed by atoms with van der Waals surface area (Å²) < 4.78 is 7.97. The second kappa shape index (κ2) is 6.13. The van der Waals surface area contributed by atoms with E-state index in [1.807, 2.05) is 4.57 Å². The van der Waals surface area contributed by atoms with Gasteiger partial charge >= 0.3 is 0 Å². The molecule has 7 heteroatoms. The minimum absolute atomic E-state index is 0.111. The van der Waals surface area contributed by atoms with Crippen molar-refractivity contribution in [2.75, 3.05) is 25.1 Å². The predicted molar refractivity (Wildman–Crippen MR) is 84.0 cm³/mol. The Morgan fingerprint density at radius 1 is 1.52 bits per heavy atom. The topological polar surface area (TPSA) is 62.3 Å². The van der Waals surface area contributed by atoms with E-state index in [4.69, 9.17) is 17.0 Å². The van der Waals surface area contributed by atoms with Crippen LogP contribution in [0.1, 0.15) is 18.4 Å². The van der Waals surface area contributed by atoms with E-state index in [0.717, 1.165) is 37.4 Å². The van der Waals surface area contributed by atoms with Gasteiger partial charge in [-0.15, -0.1) is 6.58 Å². The molecule has 3 heterocycles. The van der Waals surface area contributed by atoms with E-state index in [-0.39, 0.29) is 11.7 Å². The van der Waals surface area contributed by atoms with Crippen LogP contribution in [-0.4, -0.2) is 40.4 Å². The fourth-order valence-electron chi connectivity index (χ4n) is 2.94. The fourth-order valence-corrected chi connectivity index (χ4v) is 3.19. The van der Waals surface area contributed by atoms with Gasteiger partial charge in [0.05, 0.1) is 18.3 Å². The van der Waals surface area contributed by atoms with Gasteiger partial charge in [-0.1, -0.05) is 6.08 Å². The molecule has 1 aromatic heterocycles. The number of hydrogen-bond donors (Lipinski definition) is 2. The predicted octanol–water partition coefficient (Wildman–Crippen LogP) is 1.46. The fraction of sp³-hybridized carbons (Fsp3) is 0.571. The highest BCUT2D eigenvalue weighted by molar-refractivity contribution is 7.71. The van der Waals surface area contributed by atoms with Crippen LogP contribution in [0.4, 0.5) is 5.82 Å². The first kappa shape index (κ1) is 14.5. The second-order valence-electron chi connectivity index (χ2n) is 5.47. The number of allylic oxidation sites excluding steroid dienone is 1. The molecule has 2 aliphatic rings. The van der Waals surface area contributed by atoms with Gasteiger partial charge in [0.15, 0.2) is 4.77 Å². The maximum atomic E-state index is 12.2. The van der Waals surface area contributed by atoms with Crippen LogP contribution < -0.4 is 10.9 Å². The average Bonchev–Trinajstić information content (AvgIpc) is 2.96. The Kier molecular flexibility index (Phi) is 4.23. The van der Waals surface area contributed by atoms with Crippen LogP contribution in [0.15, 0.2) is 17.4 Å². The third-order valence-corrected chi connectivity index (χ3v) is 4.27. The van der Waals surface area contributed by atoms with E-state index in [2.05, 4.69) is 21.8 Å². The molecule has 0 spiro atoms. The molecule has 2 aliphatic heterocycles. The summed E-state index contributed by atoms with van der Waals surface area (Å²) in [6, 6.07) is 0. The Morgan fingerprint density at radius 2 is 2.38 bits per heavy atom. The summed E-state index contributed by atoms with van der Waals surface area (Å²) in [5.41, 5.74) is 0.620. The van der Waals surface area contributed by atoms with E-state index >= 15 is 0 Å². The molecule has 2 N–H and O–H groups in total. The van der Waals surface area contributed by atoms with Gasteiger partial charge in [0, 0.05) is 26.2 Å². The first-order chi connectivity index (χ1) is 10.2. The van der Waals surface area contributed by atoms with E-state index in [1.54, 1.807) is 6.08 Å². The molecule has 0 amide bonds. The van der Waals surface area contributed by atoms with E-state index in [0.29, 0.717) is 24.5 Å². The van der Waals surface area contributed by atoms with Crippen molar-refractivity contribution in [1.29, 1.82) is 0 Å². The Balaban J connectivity index is 1.85. The van der Waals surface area contributed by atoms with Crippen molar-refractivity contribution in [2.45, 2.75) is 32.0 Å². The standard InChI is InChI=1S/C14H20N4O2S/c1-2-5-18-12-11(13(19)16-14(18)21)8-17(9-15-12)7-10-4-3-6-20-10/h2,10,15H,1,3-9H2,(H,16,19,21). The number of ether oxygens (including phenoxy) is 1. The van der Waals surface area contributed by atoms with Crippen molar-refractivity contribution in [3.63, 3.8) is 0 Å². The molecule has 1 unspecified atom stereocenters. The SMILES string of the molecule is C=CCn1c2c(c(=O)[nH]c1=S)CN(CC1CCCO1)CN2. The van der Waals surface area contributed by atoms with Crippen molar-refractivity contribution >= 4 is 18.0 Å². The zero-order chi connectivity index (χ0) is 14.8. The number of hydrogen-bond acceptors (Lipinski definition) is 5. The van der Waals surface area contributed by atoms with Crippen LogP contribution >= 0.6 is 12.2 Å². The van der Waals surface area contributed by atoms with E-state index in [9.17, 15) is 4.79 Å². The number of rotatable bonds is 4. The monoisotopic (exact) mass is 308 g/mol. The van der Waals surface area contributed by atoms with Crippen LogP contribution in [0.2, 0.25) is 0 Å². The average molecular weight is 308 g/mol. The van der Waals surface area contributed by atoms with E-state index < -0.39 is 0 Å². The minimum Gasteiger partial charge on any atom is -0.377 e. The highest BCUT2D eigenvalue weighted by atomic mass is 32.1. The zero-order valence-corrected chi connectivity index (χ0v) is 12.7. The number of anilines is 1. The lowest BCUT2D eigenvalue weighted by Crippen LogP contribution is -2.42. The molecular formula is C14H20N4O2S. The molecule has 1 aromatic rings. The maximum Gasteiger partial charge on any atom is 0.258 e. The normalized spacial score (nSPS) is 21.8. The van der Waals surface area contributed by atoms with Crippen LogP contribution in [0.3, 0.4) is 0 Å². The first-order valence-corrected chi connectivity index (χ1v) is 7.64. The number of fused-ring (bicyclic) bond motifs is 1. The summed E-state index contributed by atoms with van der Waals surface area (Å²) in [4.78, 5) is 17.1. The molecule has 21 heavy (non-hydrogen) atoms. The molecule has 3 rings (SSSR count). The van der Waals surface area contributed by atoms with Crippen molar-refractivity contribution in [3.8, 4) is 0 Å². The molecule has 0 saturated carbocycles. The van der Waals surface area contributed by atoms with Crippen LogP contribution in [0, 0.1) is 4.77 Å². The molecule has 0 bridgehead atoms. The molecule has 114 valence electrons. The van der Waals surface area contributed by atoms with Crippen molar-refractivity contribution in [3.05, 3.63) is 33.3 Å². The van der Waals surface area contributed by atoms with Gasteiger partial charge in [0.1, 0.15) is 5.82 Å². The second-order valence-corrected chi connectivity index (χ2v) is 5.85. The Labute approximate surface area is 128 Å². The van der Waals surface area contributed by atoms with Crippen molar-refractivity contribution in [2.24, 2.45) is 0 Å². The smallest absolute Gasteiger partial charge is 0.258 e. The van der Waals surface area contributed by atoms with Crippen LogP contribution in [-0.2, 0) is 17.8 Å². The summed E-state index contributed by atoms with van der Waals surface area (Å²) in [6.07, 6.45) is 4.28. The summed E-state index contributed by atoms with van der Waals surface area (Å²) in [5, 5.41) is 3.32. The number of nitrogens with zero attached hydrogens (tertiary/aromatic N) is 2. The maximum absolute atomic E-state index is 12.2. The number of H-pyrrole nitrogens is 1. The third-order valence-electron chi connectivity index (χ3n) is 3.94. The minimum atomic E-state index is -0.111. The highest BCUT2D eigenvalue weighted by Crippen LogP contribution is 2.21. The molecule has 0 radical (unpaired) electrons. The first-order valence-electron chi connectivity index (χ1n) is 7.23. The van der Waals surface area contributed by atoms with Crippen LogP contribution in [0.5, 0.6) is 0 Å². The largest absolute Gasteiger partial charge is 0.377 e. The highest BCUT2D eigenvalue weighted by Gasteiger charge is 2.25. The van der Waals surface area contributed by atoms with Gasteiger partial charge in [-0.25, -0.2) is 0 Å². The number of nitrogens with one attached hydrogen (secondary N) is 2. The lowest BCUT2D eigenvalue weighted by Gasteiger charge is -2.32. The lowest BCUT2D eigenvalue weighted by atomic mass is 10.2. The molecular weight excluding hydrogens is 288 g/mol. The van der Waals surface area contributed by atoms with Gasteiger partial charge in [0.2, 0.25) is 0 Å². The Hall–Kier alpha value is -1.44. The third kappa shape index (κ3) is 2.95. The summed E-state index contributed by atoms with van der Waals surface area (Å²) in [6.45, 7) is 7.33. The van der Waals surface area contributed by atoms with Gasteiger partial charge in [0.25, 0.3) is 5.56 Å². The zero-order valence-electron chi connectivity index (χ0n) is 11.9. The summed E-state index contributed by atoms with van der Waals surface area (Å²) >= 11 is 5.22. The van der Waals surface area contributed by atoms with Crippen molar-refractivity contribution in [1.82, 2.24) is 14.5 Å². The number of aromatic nitrogens is 2. The summed E-state index contributed by atoms with van der Waals surface area (Å²) in [7, 11) is 0. The summed E-state index contributed by atoms with van der Waals surface area (Å²) in [5.74, 6) is 0.812. The molecule has 1 saturated heterocycles. The van der Waals surface area contributed by atoms with E-state index in [1.165, 1.54) is 0 Å². The van der Waals surface area contributed by atoms with Gasteiger partial charge < -0.3 is 14.6 Å². The number of aromatic amines is 1. The van der Waals surface area contributed by atoms with Crippen molar-refractivity contribution < 1.29 is 4.74 Å². The van der Waals surface area contributed by atoms with Gasteiger partial charge in [-0.2, -0.15) is 0 Å². The molecule has 0 aliphatic carbocycles.